The second-order valence-corrected chi connectivity index (χ2v) is 5.76. The van der Waals surface area contributed by atoms with E-state index in [0.717, 1.165) is 11.4 Å². The molecule has 0 spiro atoms. The van der Waals surface area contributed by atoms with Crippen molar-refractivity contribution < 1.29 is 9.90 Å². The van der Waals surface area contributed by atoms with Gasteiger partial charge in [-0.05, 0) is 12.1 Å². The monoisotopic (exact) mass is 348 g/mol. The Morgan fingerprint density at radius 2 is 2.29 bits per heavy atom. The molecule has 0 aliphatic heterocycles. The van der Waals surface area contributed by atoms with E-state index in [0.29, 0.717) is 23.9 Å². The van der Waals surface area contributed by atoms with E-state index < -0.39 is 6.17 Å². The summed E-state index contributed by atoms with van der Waals surface area (Å²) in [7, 11) is 0. The Bertz CT molecular complexity index is 703. The zero-order valence-corrected chi connectivity index (χ0v) is 14.1. The Morgan fingerprint density at radius 1 is 1.46 bits per heavy atom. The number of nitrogens with zero attached hydrogens (tertiary/aromatic N) is 3. The van der Waals surface area contributed by atoms with Gasteiger partial charge in [0.2, 0.25) is 11.0 Å². The van der Waals surface area contributed by atoms with Crippen LogP contribution in [0.1, 0.15) is 12.6 Å². The molecule has 1 atom stereocenters. The molecule has 0 aliphatic carbocycles. The minimum absolute atomic E-state index is 0.0173. The minimum atomic E-state index is -0.441. The number of nitrogens with two attached hydrogens (primary N) is 1. The maximum atomic E-state index is 11.0. The molecule has 2 aromatic rings. The second-order valence-electron chi connectivity index (χ2n) is 4.92. The summed E-state index contributed by atoms with van der Waals surface area (Å²) in [5.74, 6) is -0.0985. The number of aliphatic hydroxyl groups excluding tert-OH is 1. The molecule has 0 saturated heterocycles. The summed E-state index contributed by atoms with van der Waals surface area (Å²) in [6, 6.07) is 5.57. The summed E-state index contributed by atoms with van der Waals surface area (Å²) in [4.78, 5) is 24.1. The van der Waals surface area contributed by atoms with Crippen LogP contribution in [-0.2, 0) is 11.3 Å². The van der Waals surface area contributed by atoms with Crippen LogP contribution in [0.15, 0.2) is 28.6 Å². The van der Waals surface area contributed by atoms with Gasteiger partial charge in [-0.25, -0.2) is 15.0 Å². The lowest BCUT2D eigenvalue weighted by Crippen LogP contribution is -2.40. The third kappa shape index (κ3) is 5.78. The number of pyridine rings is 1. The summed E-state index contributed by atoms with van der Waals surface area (Å²) in [5.41, 5.74) is 7.96. The third-order valence-electron chi connectivity index (χ3n) is 2.92. The smallest absolute Gasteiger partial charge is 0.217 e. The highest BCUT2D eigenvalue weighted by Crippen LogP contribution is 2.25. The van der Waals surface area contributed by atoms with Gasteiger partial charge < -0.3 is 16.2 Å². The van der Waals surface area contributed by atoms with E-state index in [-0.39, 0.29) is 12.5 Å². The largest absolute Gasteiger partial charge is 0.395 e. The SMILES string of the molecule is CC(=O)NCc1cccc(-c2csc(N=CC(N)NCCO)n2)n1. The Hall–Kier alpha value is -2.20. The summed E-state index contributed by atoms with van der Waals surface area (Å²) < 4.78 is 0. The fourth-order valence-electron chi connectivity index (χ4n) is 1.80. The normalized spacial score (nSPS) is 12.5. The Balaban J connectivity index is 2.03. The van der Waals surface area contributed by atoms with Crippen molar-refractivity contribution >= 4 is 28.6 Å². The van der Waals surface area contributed by atoms with Gasteiger partial charge in [-0.1, -0.05) is 6.07 Å². The molecule has 1 amide bonds. The van der Waals surface area contributed by atoms with Crippen molar-refractivity contribution in [1.29, 1.82) is 0 Å². The van der Waals surface area contributed by atoms with Gasteiger partial charge in [-0.15, -0.1) is 11.3 Å². The molecule has 0 saturated carbocycles. The molecular weight excluding hydrogens is 328 g/mol. The van der Waals surface area contributed by atoms with Gasteiger partial charge in [0.25, 0.3) is 0 Å². The second kappa shape index (κ2) is 9.18. The van der Waals surface area contributed by atoms with Crippen molar-refractivity contribution in [3.05, 3.63) is 29.3 Å². The van der Waals surface area contributed by atoms with Crippen LogP contribution in [0.5, 0.6) is 0 Å². The summed E-state index contributed by atoms with van der Waals surface area (Å²) in [6.45, 7) is 2.27. The summed E-state index contributed by atoms with van der Waals surface area (Å²) in [6.07, 6.45) is 1.10. The number of rotatable bonds is 8. The molecule has 5 N–H and O–H groups in total. The molecule has 0 bridgehead atoms. The number of aromatic nitrogens is 2. The van der Waals surface area contributed by atoms with Crippen LogP contribution in [0.4, 0.5) is 5.13 Å². The van der Waals surface area contributed by atoms with E-state index in [1.165, 1.54) is 18.3 Å². The number of aliphatic imine (C=N–C) groups is 1. The maximum Gasteiger partial charge on any atom is 0.217 e. The predicted molar refractivity (Wildman–Crippen MR) is 94.1 cm³/mol. The predicted octanol–water partition coefficient (Wildman–Crippen LogP) is 0.410. The lowest BCUT2D eigenvalue weighted by atomic mass is 10.2. The van der Waals surface area contributed by atoms with Crippen LogP contribution in [-0.4, -0.2) is 46.5 Å². The molecular formula is C15H20N6O2S. The highest BCUT2D eigenvalue weighted by molar-refractivity contribution is 7.13. The van der Waals surface area contributed by atoms with E-state index >= 15 is 0 Å². The van der Waals surface area contributed by atoms with Crippen LogP contribution in [0.25, 0.3) is 11.4 Å². The molecule has 8 nitrogen and oxygen atoms in total. The first-order valence-corrected chi connectivity index (χ1v) is 8.26. The first kappa shape index (κ1) is 18.1. The van der Waals surface area contributed by atoms with Gasteiger partial charge >= 0.3 is 0 Å². The number of aliphatic hydroxyl groups is 1. The highest BCUT2D eigenvalue weighted by atomic mass is 32.1. The molecule has 2 heterocycles. The standard InChI is InChI=1S/C15H20N6O2S/c1-10(23)18-7-11-3-2-4-12(20-11)13-9-24-15(21-13)19-8-14(16)17-5-6-22/h2-4,8-9,14,17,22H,5-7,16H2,1H3,(H,18,23). The van der Waals surface area contributed by atoms with Crippen molar-refractivity contribution in [2.75, 3.05) is 13.2 Å². The van der Waals surface area contributed by atoms with E-state index in [4.69, 9.17) is 10.8 Å². The molecule has 24 heavy (non-hydrogen) atoms. The van der Waals surface area contributed by atoms with E-state index in [2.05, 4.69) is 25.6 Å². The molecule has 0 fully saturated rings. The third-order valence-corrected chi connectivity index (χ3v) is 3.67. The van der Waals surface area contributed by atoms with E-state index in [1.807, 2.05) is 23.6 Å². The number of thiazole rings is 1. The van der Waals surface area contributed by atoms with Crippen molar-refractivity contribution in [1.82, 2.24) is 20.6 Å². The first-order chi connectivity index (χ1) is 11.6. The highest BCUT2D eigenvalue weighted by Gasteiger charge is 2.07. The fourth-order valence-corrected chi connectivity index (χ4v) is 2.47. The molecule has 1 unspecified atom stereocenters. The van der Waals surface area contributed by atoms with Crippen LogP contribution < -0.4 is 16.4 Å². The van der Waals surface area contributed by atoms with Gasteiger partial charge in [0.15, 0.2) is 0 Å². The van der Waals surface area contributed by atoms with Crippen molar-refractivity contribution in [2.24, 2.45) is 10.7 Å². The van der Waals surface area contributed by atoms with Crippen LogP contribution in [0, 0.1) is 0 Å². The van der Waals surface area contributed by atoms with Gasteiger partial charge in [0, 0.05) is 25.1 Å². The van der Waals surface area contributed by atoms with E-state index in [9.17, 15) is 4.79 Å². The number of amides is 1. The van der Waals surface area contributed by atoms with Crippen LogP contribution in [0.2, 0.25) is 0 Å². The molecule has 0 aromatic carbocycles. The summed E-state index contributed by atoms with van der Waals surface area (Å²) >= 11 is 1.38. The number of carbonyl (C=O) groups is 1. The van der Waals surface area contributed by atoms with Crippen molar-refractivity contribution in [2.45, 2.75) is 19.6 Å². The quantitative estimate of drug-likeness (QED) is 0.404. The van der Waals surface area contributed by atoms with Crippen LogP contribution in [0.3, 0.4) is 0 Å². The molecule has 128 valence electrons. The molecule has 2 aromatic heterocycles. The Labute approximate surface area is 143 Å². The molecule has 9 heteroatoms. The number of hydrogen-bond donors (Lipinski definition) is 4. The average molecular weight is 348 g/mol. The fraction of sp³-hybridized carbons (Fsp3) is 0.333. The molecule has 2 rings (SSSR count). The minimum Gasteiger partial charge on any atom is -0.395 e. The van der Waals surface area contributed by atoms with Gasteiger partial charge in [0.05, 0.1) is 30.7 Å². The zero-order chi connectivity index (χ0) is 17.4. The maximum absolute atomic E-state index is 11.0. The Morgan fingerprint density at radius 3 is 3.04 bits per heavy atom. The number of nitrogens with one attached hydrogen (secondary N) is 2. The topological polar surface area (TPSA) is 126 Å². The van der Waals surface area contributed by atoms with E-state index in [1.54, 1.807) is 6.21 Å². The lowest BCUT2D eigenvalue weighted by molar-refractivity contribution is -0.119. The van der Waals surface area contributed by atoms with Gasteiger partial charge in [-0.2, -0.15) is 0 Å². The van der Waals surface area contributed by atoms with Gasteiger partial charge in [-0.3, -0.25) is 10.1 Å². The van der Waals surface area contributed by atoms with Crippen LogP contribution >= 0.6 is 11.3 Å². The average Bonchev–Trinajstić information content (AvgIpc) is 3.05. The Kier molecular flexibility index (Phi) is 6.94. The molecule has 0 radical (unpaired) electrons. The lowest BCUT2D eigenvalue weighted by Gasteiger charge is -2.05. The number of carbonyl (C=O) groups excluding carboxylic acids is 1. The first-order valence-electron chi connectivity index (χ1n) is 7.39. The summed E-state index contributed by atoms with van der Waals surface area (Å²) in [5, 5.41) is 16.7. The molecule has 0 aliphatic rings. The van der Waals surface area contributed by atoms with Crippen molar-refractivity contribution in [3.63, 3.8) is 0 Å². The van der Waals surface area contributed by atoms with Gasteiger partial charge in [0.1, 0.15) is 5.69 Å². The van der Waals surface area contributed by atoms with Crippen molar-refractivity contribution in [3.8, 4) is 11.4 Å². The zero-order valence-electron chi connectivity index (χ0n) is 13.3. The number of hydrogen-bond acceptors (Lipinski definition) is 8.